The van der Waals surface area contributed by atoms with Gasteiger partial charge in [0.25, 0.3) is 0 Å². The predicted octanol–water partition coefficient (Wildman–Crippen LogP) is 2.10. The van der Waals surface area contributed by atoms with E-state index in [9.17, 15) is 9.90 Å². The summed E-state index contributed by atoms with van der Waals surface area (Å²) in [6, 6.07) is 1.72. The monoisotopic (exact) mass is 279 g/mol. The van der Waals surface area contributed by atoms with Gasteiger partial charge in [-0.2, -0.15) is 0 Å². The lowest BCUT2D eigenvalue weighted by Crippen LogP contribution is -2.50. The molecule has 1 aliphatic heterocycles. The largest absolute Gasteiger partial charge is 0.479 e. The third-order valence-electron chi connectivity index (χ3n) is 3.73. The molecule has 1 unspecified atom stereocenters. The van der Waals surface area contributed by atoms with E-state index < -0.39 is 11.5 Å². The quantitative estimate of drug-likeness (QED) is 0.889. The average Bonchev–Trinajstić information content (AvgIpc) is 2.83. The summed E-state index contributed by atoms with van der Waals surface area (Å²) in [6.07, 6.45) is 3.49. The summed E-state index contributed by atoms with van der Waals surface area (Å²) in [5.74, 6) is 0.312. The van der Waals surface area contributed by atoms with Gasteiger partial charge in [-0.05, 0) is 33.1 Å². The van der Waals surface area contributed by atoms with Crippen molar-refractivity contribution in [3.63, 3.8) is 0 Å². The van der Waals surface area contributed by atoms with Crippen molar-refractivity contribution in [2.24, 2.45) is 0 Å². The number of nitrogens with zero attached hydrogens (tertiary/aromatic N) is 3. The first-order valence-electron chi connectivity index (χ1n) is 6.99. The molecule has 6 nitrogen and oxygen atoms in total. The van der Waals surface area contributed by atoms with E-state index in [4.69, 9.17) is 4.74 Å². The van der Waals surface area contributed by atoms with E-state index in [1.165, 1.54) is 6.33 Å². The number of hydrogen-bond donors (Lipinski definition) is 1. The molecule has 1 aromatic heterocycles. The summed E-state index contributed by atoms with van der Waals surface area (Å²) < 4.78 is 5.55. The molecule has 1 saturated heterocycles. The van der Waals surface area contributed by atoms with Crippen molar-refractivity contribution in [3.05, 3.63) is 12.4 Å². The highest BCUT2D eigenvalue weighted by Gasteiger charge is 2.46. The Morgan fingerprint density at radius 2 is 2.30 bits per heavy atom. The molecule has 0 spiro atoms. The van der Waals surface area contributed by atoms with Crippen LogP contribution in [0.25, 0.3) is 0 Å². The Kier molecular flexibility index (Phi) is 4.11. The minimum atomic E-state index is -0.858. The number of anilines is 1. The summed E-state index contributed by atoms with van der Waals surface area (Å²) in [6.45, 7) is 6.44. The van der Waals surface area contributed by atoms with Gasteiger partial charge >= 0.3 is 5.97 Å². The number of aromatic nitrogens is 2. The number of aliphatic carboxylic acids is 1. The van der Waals surface area contributed by atoms with Crippen LogP contribution < -0.4 is 9.64 Å². The third-order valence-corrected chi connectivity index (χ3v) is 3.73. The van der Waals surface area contributed by atoms with Crippen LogP contribution >= 0.6 is 0 Å². The van der Waals surface area contributed by atoms with Gasteiger partial charge in [0.1, 0.15) is 17.7 Å². The zero-order valence-corrected chi connectivity index (χ0v) is 12.2. The van der Waals surface area contributed by atoms with Crippen LogP contribution in [0.1, 0.15) is 40.0 Å². The molecule has 6 heteroatoms. The number of carbonyl (C=O) groups is 1. The number of carboxylic acids is 1. The van der Waals surface area contributed by atoms with Crippen LogP contribution in [0, 0.1) is 0 Å². The first-order valence-corrected chi connectivity index (χ1v) is 6.99. The highest BCUT2D eigenvalue weighted by molar-refractivity contribution is 5.84. The molecular weight excluding hydrogens is 258 g/mol. The Balaban J connectivity index is 2.32. The van der Waals surface area contributed by atoms with E-state index in [0.717, 1.165) is 6.42 Å². The normalized spacial score (nSPS) is 22.3. The fraction of sp³-hybridized carbons (Fsp3) is 0.643. The molecule has 1 N–H and O–H groups in total. The van der Waals surface area contributed by atoms with Crippen LogP contribution in [-0.4, -0.2) is 39.2 Å². The standard InChI is InChI=1S/C14H21N3O3/c1-4-14(13(18)19)6-5-7-17(14)11-8-12(16-9-15-11)20-10(2)3/h8-10H,4-7H2,1-3H3,(H,18,19). The van der Waals surface area contributed by atoms with Gasteiger partial charge in [-0.15, -0.1) is 0 Å². The van der Waals surface area contributed by atoms with Crippen LogP contribution in [0.2, 0.25) is 0 Å². The van der Waals surface area contributed by atoms with Crippen LogP contribution in [-0.2, 0) is 4.79 Å². The Labute approximate surface area is 118 Å². The predicted molar refractivity (Wildman–Crippen MR) is 75.0 cm³/mol. The van der Waals surface area contributed by atoms with Gasteiger partial charge in [-0.3, -0.25) is 0 Å². The molecule has 1 aromatic rings. The minimum Gasteiger partial charge on any atom is -0.479 e. The second-order valence-corrected chi connectivity index (χ2v) is 5.33. The average molecular weight is 279 g/mol. The number of rotatable bonds is 5. The molecule has 1 aliphatic rings. The van der Waals surface area contributed by atoms with E-state index in [-0.39, 0.29) is 6.10 Å². The van der Waals surface area contributed by atoms with Crippen molar-refractivity contribution in [1.29, 1.82) is 0 Å². The topological polar surface area (TPSA) is 75.5 Å². The molecule has 0 aromatic carbocycles. The molecule has 1 fully saturated rings. The molecule has 2 heterocycles. The number of carboxylic acid groups (broad SMARTS) is 1. The summed E-state index contributed by atoms with van der Waals surface area (Å²) in [7, 11) is 0. The summed E-state index contributed by atoms with van der Waals surface area (Å²) in [5, 5.41) is 9.59. The highest BCUT2D eigenvalue weighted by atomic mass is 16.5. The van der Waals surface area contributed by atoms with Crippen LogP contribution in [0.3, 0.4) is 0 Å². The van der Waals surface area contributed by atoms with Gasteiger partial charge in [0.15, 0.2) is 0 Å². The van der Waals surface area contributed by atoms with Crippen molar-refractivity contribution in [2.45, 2.75) is 51.7 Å². The van der Waals surface area contributed by atoms with Crippen molar-refractivity contribution in [1.82, 2.24) is 9.97 Å². The molecule has 0 aliphatic carbocycles. The molecular formula is C14H21N3O3. The van der Waals surface area contributed by atoms with Gasteiger partial charge in [-0.1, -0.05) is 6.92 Å². The van der Waals surface area contributed by atoms with E-state index in [2.05, 4.69) is 9.97 Å². The maximum absolute atomic E-state index is 11.7. The molecule has 0 radical (unpaired) electrons. The third kappa shape index (κ3) is 2.55. The van der Waals surface area contributed by atoms with Crippen molar-refractivity contribution < 1.29 is 14.6 Å². The highest BCUT2D eigenvalue weighted by Crippen LogP contribution is 2.36. The summed E-state index contributed by atoms with van der Waals surface area (Å²) in [5.41, 5.74) is -0.858. The van der Waals surface area contributed by atoms with E-state index >= 15 is 0 Å². The van der Waals surface area contributed by atoms with Gasteiger partial charge in [0.05, 0.1) is 6.10 Å². The van der Waals surface area contributed by atoms with Crippen LogP contribution in [0.4, 0.5) is 5.82 Å². The van der Waals surface area contributed by atoms with Crippen molar-refractivity contribution >= 4 is 11.8 Å². The second kappa shape index (κ2) is 5.64. The molecule has 2 rings (SSSR count). The number of ether oxygens (including phenoxy) is 1. The Bertz CT molecular complexity index is 492. The first kappa shape index (κ1) is 14.6. The molecule has 0 amide bonds. The summed E-state index contributed by atoms with van der Waals surface area (Å²) in [4.78, 5) is 21.8. The number of hydrogen-bond acceptors (Lipinski definition) is 5. The zero-order valence-electron chi connectivity index (χ0n) is 12.2. The maximum atomic E-state index is 11.7. The molecule has 0 saturated carbocycles. The van der Waals surface area contributed by atoms with Crippen LogP contribution in [0.5, 0.6) is 5.88 Å². The zero-order chi connectivity index (χ0) is 14.8. The van der Waals surface area contributed by atoms with Gasteiger partial charge in [0.2, 0.25) is 5.88 Å². The molecule has 20 heavy (non-hydrogen) atoms. The minimum absolute atomic E-state index is 0.0201. The SMILES string of the molecule is CCC1(C(=O)O)CCCN1c1cc(OC(C)C)ncn1. The first-order chi connectivity index (χ1) is 9.49. The van der Waals surface area contributed by atoms with Gasteiger partial charge < -0.3 is 14.7 Å². The lowest BCUT2D eigenvalue weighted by Gasteiger charge is -2.34. The van der Waals surface area contributed by atoms with Crippen molar-refractivity contribution in [2.75, 3.05) is 11.4 Å². The van der Waals surface area contributed by atoms with Gasteiger partial charge in [-0.25, -0.2) is 14.8 Å². The fourth-order valence-corrected chi connectivity index (χ4v) is 2.74. The van der Waals surface area contributed by atoms with Gasteiger partial charge in [0, 0.05) is 12.6 Å². The second-order valence-electron chi connectivity index (χ2n) is 5.33. The Morgan fingerprint density at radius 3 is 2.90 bits per heavy atom. The molecule has 1 atom stereocenters. The maximum Gasteiger partial charge on any atom is 0.329 e. The fourth-order valence-electron chi connectivity index (χ4n) is 2.74. The van der Waals surface area contributed by atoms with E-state index in [1.54, 1.807) is 6.07 Å². The Hall–Kier alpha value is -1.85. The van der Waals surface area contributed by atoms with Crippen molar-refractivity contribution in [3.8, 4) is 5.88 Å². The lowest BCUT2D eigenvalue weighted by molar-refractivity contribution is -0.143. The lowest BCUT2D eigenvalue weighted by atomic mass is 9.93. The molecule has 110 valence electrons. The van der Waals surface area contributed by atoms with E-state index in [0.29, 0.717) is 31.1 Å². The van der Waals surface area contributed by atoms with E-state index in [1.807, 2.05) is 25.7 Å². The Morgan fingerprint density at radius 1 is 1.55 bits per heavy atom. The molecule has 0 bridgehead atoms. The summed E-state index contributed by atoms with van der Waals surface area (Å²) >= 11 is 0. The smallest absolute Gasteiger partial charge is 0.329 e. The van der Waals surface area contributed by atoms with Crippen LogP contribution in [0.15, 0.2) is 12.4 Å².